The van der Waals surface area contributed by atoms with Gasteiger partial charge in [0.15, 0.2) is 0 Å². The average Bonchev–Trinajstić information content (AvgIpc) is 2.96. The number of nitrogens with zero attached hydrogens (tertiary/aromatic N) is 2. The first-order valence-electron chi connectivity index (χ1n) is 4.93. The van der Waals surface area contributed by atoms with Crippen LogP contribution in [-0.4, -0.2) is 44.8 Å². The van der Waals surface area contributed by atoms with Crippen LogP contribution in [0.3, 0.4) is 0 Å². The molecule has 1 aromatic rings. The number of aliphatic carboxylic acids is 1. The predicted molar refractivity (Wildman–Crippen MR) is 59.3 cm³/mol. The van der Waals surface area contributed by atoms with Crippen LogP contribution in [0.25, 0.3) is 0 Å². The van der Waals surface area contributed by atoms with Crippen molar-refractivity contribution in [2.45, 2.75) is 12.6 Å². The van der Waals surface area contributed by atoms with Crippen molar-refractivity contribution in [2.75, 3.05) is 11.6 Å². The molecule has 0 aliphatic carbocycles. The lowest BCUT2D eigenvalue weighted by atomic mass is 10.3. The molecule has 2 N–H and O–H groups in total. The molecule has 1 atom stereocenters. The van der Waals surface area contributed by atoms with Crippen LogP contribution in [-0.2, 0) is 11.3 Å². The van der Waals surface area contributed by atoms with Gasteiger partial charge in [0, 0.05) is 11.8 Å². The highest BCUT2D eigenvalue weighted by molar-refractivity contribution is 7.99. The number of aromatic nitrogens is 1. The van der Waals surface area contributed by atoms with E-state index in [1.807, 2.05) is 0 Å². The molecule has 2 heterocycles. The number of nitrogens with one attached hydrogen (secondary N) is 1. The van der Waals surface area contributed by atoms with Gasteiger partial charge >= 0.3 is 12.0 Å². The van der Waals surface area contributed by atoms with Crippen molar-refractivity contribution >= 4 is 23.8 Å². The number of rotatable bonds is 3. The van der Waals surface area contributed by atoms with E-state index in [4.69, 9.17) is 5.11 Å². The number of hydrogen-bond donors (Lipinski definition) is 2. The van der Waals surface area contributed by atoms with Crippen molar-refractivity contribution in [3.8, 4) is 0 Å². The van der Waals surface area contributed by atoms with Gasteiger partial charge in [0.05, 0.1) is 12.4 Å². The van der Waals surface area contributed by atoms with E-state index in [0.29, 0.717) is 17.3 Å². The summed E-state index contributed by atoms with van der Waals surface area (Å²) < 4.78 is 4.62. The van der Waals surface area contributed by atoms with Crippen LogP contribution >= 0.6 is 11.8 Å². The summed E-state index contributed by atoms with van der Waals surface area (Å²) in [6, 6.07) is 0.482. The molecule has 1 aliphatic rings. The Morgan fingerprint density at radius 2 is 2.53 bits per heavy atom. The third kappa shape index (κ3) is 2.70. The third-order valence-electron chi connectivity index (χ3n) is 2.34. The topological polar surface area (TPSA) is 95.7 Å². The lowest BCUT2D eigenvalue weighted by molar-refractivity contribution is -0.140. The van der Waals surface area contributed by atoms with E-state index in [2.05, 4.69) is 15.0 Å². The number of carboxylic acid groups (broad SMARTS) is 1. The average molecular weight is 257 g/mol. The van der Waals surface area contributed by atoms with Crippen LogP contribution in [0.5, 0.6) is 0 Å². The summed E-state index contributed by atoms with van der Waals surface area (Å²) in [5.41, 5.74) is 0.595. The van der Waals surface area contributed by atoms with Crippen LogP contribution in [0.1, 0.15) is 5.69 Å². The Morgan fingerprint density at radius 1 is 1.71 bits per heavy atom. The van der Waals surface area contributed by atoms with Gasteiger partial charge < -0.3 is 19.8 Å². The molecular weight excluding hydrogens is 246 g/mol. The van der Waals surface area contributed by atoms with Crippen LogP contribution in [0.15, 0.2) is 16.9 Å². The smallest absolute Gasteiger partial charge is 0.327 e. The maximum atomic E-state index is 11.7. The molecule has 7 nitrogen and oxygen atoms in total. The minimum absolute atomic E-state index is 0.225. The van der Waals surface area contributed by atoms with Crippen LogP contribution in [0.2, 0.25) is 0 Å². The van der Waals surface area contributed by atoms with E-state index in [0.717, 1.165) is 0 Å². The van der Waals surface area contributed by atoms with Crippen LogP contribution < -0.4 is 5.32 Å². The lowest BCUT2D eigenvalue weighted by Gasteiger charge is -2.20. The summed E-state index contributed by atoms with van der Waals surface area (Å²) >= 11 is 1.42. The van der Waals surface area contributed by atoms with Crippen molar-refractivity contribution in [2.24, 2.45) is 0 Å². The van der Waals surface area contributed by atoms with Gasteiger partial charge in [0.2, 0.25) is 0 Å². The van der Waals surface area contributed by atoms with Crippen molar-refractivity contribution in [3.63, 3.8) is 0 Å². The molecule has 2 rings (SSSR count). The van der Waals surface area contributed by atoms with Gasteiger partial charge in [-0.05, 0) is 0 Å². The largest absolute Gasteiger partial charge is 0.480 e. The molecule has 0 radical (unpaired) electrons. The monoisotopic (exact) mass is 257 g/mol. The van der Waals surface area contributed by atoms with Gasteiger partial charge in [0.1, 0.15) is 18.0 Å². The minimum Gasteiger partial charge on any atom is -0.480 e. The fraction of sp³-hybridized carbons (Fsp3) is 0.444. The van der Waals surface area contributed by atoms with E-state index < -0.39 is 18.0 Å². The normalized spacial score (nSPS) is 19.3. The number of urea groups is 1. The quantitative estimate of drug-likeness (QED) is 0.810. The fourth-order valence-corrected chi connectivity index (χ4v) is 2.59. The number of carbonyl (C=O) groups is 2. The van der Waals surface area contributed by atoms with Gasteiger partial charge in [-0.3, -0.25) is 0 Å². The molecule has 17 heavy (non-hydrogen) atoms. The van der Waals surface area contributed by atoms with Crippen molar-refractivity contribution in [1.29, 1.82) is 0 Å². The highest BCUT2D eigenvalue weighted by Gasteiger charge is 2.34. The Hall–Kier alpha value is -1.70. The van der Waals surface area contributed by atoms with Crippen LogP contribution in [0, 0.1) is 0 Å². The van der Waals surface area contributed by atoms with Crippen LogP contribution in [0.4, 0.5) is 4.79 Å². The molecule has 2 amide bonds. The second kappa shape index (κ2) is 5.09. The van der Waals surface area contributed by atoms with E-state index in [-0.39, 0.29) is 6.54 Å². The molecular formula is C9H11N3O4S. The van der Waals surface area contributed by atoms with E-state index in [1.165, 1.54) is 22.9 Å². The maximum absolute atomic E-state index is 11.7. The molecule has 1 fully saturated rings. The van der Waals surface area contributed by atoms with Gasteiger partial charge in [-0.1, -0.05) is 5.16 Å². The number of carboxylic acids is 1. The SMILES string of the molecule is O=C(O)[C@@H]1CSCN1C(=O)NCc1ccon1. The molecule has 8 heteroatoms. The molecule has 1 saturated heterocycles. The Kier molecular flexibility index (Phi) is 3.52. The Balaban J connectivity index is 1.89. The summed E-state index contributed by atoms with van der Waals surface area (Å²) in [5, 5.41) is 15.2. The van der Waals surface area contributed by atoms with E-state index in [1.54, 1.807) is 6.07 Å². The predicted octanol–water partition coefficient (Wildman–Crippen LogP) is 0.344. The van der Waals surface area contributed by atoms with E-state index >= 15 is 0 Å². The summed E-state index contributed by atoms with van der Waals surface area (Å²) in [5.74, 6) is -0.166. The Labute approximate surface area is 101 Å². The Bertz CT molecular complexity index is 408. The van der Waals surface area contributed by atoms with Crippen molar-refractivity contribution in [3.05, 3.63) is 18.0 Å². The second-order valence-electron chi connectivity index (χ2n) is 3.47. The number of hydrogen-bond acceptors (Lipinski definition) is 5. The molecule has 0 saturated carbocycles. The lowest BCUT2D eigenvalue weighted by Crippen LogP contribution is -2.46. The first kappa shape index (κ1) is 11.8. The first-order valence-corrected chi connectivity index (χ1v) is 6.08. The maximum Gasteiger partial charge on any atom is 0.327 e. The summed E-state index contributed by atoms with van der Waals surface area (Å²) in [6.07, 6.45) is 1.41. The van der Waals surface area contributed by atoms with Crippen molar-refractivity contribution < 1.29 is 19.2 Å². The molecule has 1 aromatic heterocycles. The first-order chi connectivity index (χ1) is 8.18. The summed E-state index contributed by atoms with van der Waals surface area (Å²) in [4.78, 5) is 23.9. The third-order valence-corrected chi connectivity index (χ3v) is 3.35. The van der Waals surface area contributed by atoms with E-state index in [9.17, 15) is 9.59 Å². The molecule has 92 valence electrons. The van der Waals surface area contributed by atoms with Gasteiger partial charge in [-0.15, -0.1) is 11.8 Å². The summed E-state index contributed by atoms with van der Waals surface area (Å²) in [7, 11) is 0. The molecule has 1 aliphatic heterocycles. The molecule has 0 bridgehead atoms. The molecule has 0 aromatic carbocycles. The minimum atomic E-state index is -0.980. The summed E-state index contributed by atoms with van der Waals surface area (Å²) in [6.45, 7) is 0.225. The number of carbonyl (C=O) groups excluding carboxylic acids is 1. The molecule has 0 spiro atoms. The fourth-order valence-electron chi connectivity index (χ4n) is 1.44. The van der Waals surface area contributed by atoms with Gasteiger partial charge in [0.25, 0.3) is 0 Å². The zero-order chi connectivity index (χ0) is 12.3. The highest BCUT2D eigenvalue weighted by atomic mass is 32.2. The van der Waals surface area contributed by atoms with Gasteiger partial charge in [-0.25, -0.2) is 9.59 Å². The zero-order valence-corrected chi connectivity index (χ0v) is 9.64. The second-order valence-corrected chi connectivity index (χ2v) is 4.47. The standard InChI is InChI=1S/C9H11N3O4S/c13-8(14)7-4-17-5-12(7)9(15)10-3-6-1-2-16-11-6/h1-2,7H,3-5H2,(H,10,15)(H,13,14)/t7-/m0/s1. The van der Waals surface area contributed by atoms with Crippen molar-refractivity contribution in [1.82, 2.24) is 15.4 Å². The highest BCUT2D eigenvalue weighted by Crippen LogP contribution is 2.20. The number of amides is 2. The zero-order valence-electron chi connectivity index (χ0n) is 8.83. The number of thioether (sulfide) groups is 1. The molecule has 0 unspecified atom stereocenters. The Morgan fingerprint density at radius 3 is 3.18 bits per heavy atom. The van der Waals surface area contributed by atoms with Gasteiger partial charge in [-0.2, -0.15) is 0 Å².